The summed E-state index contributed by atoms with van der Waals surface area (Å²) in [7, 11) is 1.34. The van der Waals surface area contributed by atoms with Crippen LogP contribution in [0.2, 0.25) is 0 Å². The molecule has 0 radical (unpaired) electrons. The van der Waals surface area contributed by atoms with Crippen molar-refractivity contribution in [2.45, 2.75) is 25.9 Å². The van der Waals surface area contributed by atoms with E-state index in [2.05, 4.69) is 9.27 Å². The number of nitrogen functional groups attached to an aromatic ring is 1. The molecule has 1 fully saturated rings. The number of carbonyl (C=O) groups excluding carboxylic acids is 1. The van der Waals surface area contributed by atoms with Crippen LogP contribution in [-0.2, 0) is 4.74 Å². The first-order chi connectivity index (χ1) is 9.04. The highest BCUT2D eigenvalue weighted by Crippen LogP contribution is 2.34. The summed E-state index contributed by atoms with van der Waals surface area (Å²) in [5, 5.41) is 10.4. The summed E-state index contributed by atoms with van der Waals surface area (Å²) in [5.74, 6) is 0.103. The highest BCUT2D eigenvalue weighted by molar-refractivity contribution is 7.11. The lowest BCUT2D eigenvalue weighted by molar-refractivity contribution is 0.0602. The van der Waals surface area contributed by atoms with Crippen LogP contribution in [0.15, 0.2) is 0 Å². The number of hydrogen-bond acceptors (Lipinski definition) is 7. The number of nitrogens with two attached hydrogens (primary N) is 1. The number of aliphatic hydroxyl groups is 1. The number of rotatable bonds is 3. The summed E-state index contributed by atoms with van der Waals surface area (Å²) in [4.78, 5) is 13.8. The first-order valence-corrected chi connectivity index (χ1v) is 7.08. The molecule has 1 aromatic heterocycles. The van der Waals surface area contributed by atoms with E-state index in [0.29, 0.717) is 11.5 Å². The molecule has 6 nitrogen and oxygen atoms in total. The number of hydrogen-bond donors (Lipinski definition) is 2. The zero-order valence-electron chi connectivity index (χ0n) is 11.1. The zero-order chi connectivity index (χ0) is 14.0. The molecule has 0 bridgehead atoms. The van der Waals surface area contributed by atoms with Crippen LogP contribution in [0.3, 0.4) is 0 Å². The third-order valence-corrected chi connectivity index (χ3v) is 4.52. The van der Waals surface area contributed by atoms with Gasteiger partial charge in [-0.3, -0.25) is 0 Å². The van der Waals surface area contributed by atoms with Crippen molar-refractivity contribution in [2.24, 2.45) is 5.92 Å². The monoisotopic (exact) mass is 285 g/mol. The molecule has 1 atom stereocenters. The van der Waals surface area contributed by atoms with Crippen molar-refractivity contribution in [3.8, 4) is 0 Å². The summed E-state index contributed by atoms with van der Waals surface area (Å²) in [6, 6.07) is 0. The minimum Gasteiger partial charge on any atom is -0.465 e. The Morgan fingerprint density at radius 3 is 2.74 bits per heavy atom. The molecule has 0 saturated carbocycles. The van der Waals surface area contributed by atoms with E-state index in [4.69, 9.17) is 10.5 Å². The number of aliphatic hydroxyl groups excluding tert-OH is 1. The van der Waals surface area contributed by atoms with Crippen molar-refractivity contribution in [1.29, 1.82) is 0 Å². The van der Waals surface area contributed by atoms with E-state index >= 15 is 0 Å². The predicted octanol–water partition coefficient (Wildman–Crippen LogP) is 1.11. The minimum absolute atomic E-state index is 0.226. The van der Waals surface area contributed by atoms with Gasteiger partial charge in [-0.1, -0.05) is 0 Å². The van der Waals surface area contributed by atoms with Gasteiger partial charge in [-0.05, 0) is 37.2 Å². The van der Waals surface area contributed by atoms with E-state index in [1.165, 1.54) is 18.6 Å². The van der Waals surface area contributed by atoms with Gasteiger partial charge in [0.05, 0.1) is 13.2 Å². The van der Waals surface area contributed by atoms with Gasteiger partial charge in [-0.25, -0.2) is 4.79 Å². The van der Waals surface area contributed by atoms with Crippen molar-refractivity contribution < 1.29 is 14.6 Å². The Kier molecular flexibility index (Phi) is 4.26. The standard InChI is InChI=1S/C12H19N3O3S/c1-7(16)8-3-5-15(6-4-8)11-9(12(17)18-2)10(13)14-19-11/h7-8,16H,3-6H2,1-2H3,(H2,13,14). The number of piperidine rings is 1. The van der Waals surface area contributed by atoms with Gasteiger partial charge in [-0.2, -0.15) is 4.37 Å². The lowest BCUT2D eigenvalue weighted by atomic mass is 9.92. The number of carbonyl (C=O) groups is 1. The molecule has 0 aromatic carbocycles. The first-order valence-electron chi connectivity index (χ1n) is 6.31. The summed E-state index contributed by atoms with van der Waals surface area (Å²) in [6.45, 7) is 3.41. The smallest absolute Gasteiger partial charge is 0.344 e. The molecule has 19 heavy (non-hydrogen) atoms. The van der Waals surface area contributed by atoms with Crippen LogP contribution in [-0.4, -0.2) is 41.8 Å². The van der Waals surface area contributed by atoms with Crippen molar-refractivity contribution >= 4 is 28.3 Å². The topological polar surface area (TPSA) is 88.7 Å². The van der Waals surface area contributed by atoms with Crippen LogP contribution in [0.4, 0.5) is 10.8 Å². The molecule has 2 rings (SSSR count). The van der Waals surface area contributed by atoms with Crippen LogP contribution < -0.4 is 10.6 Å². The lowest BCUT2D eigenvalue weighted by Gasteiger charge is -2.33. The number of esters is 1. The van der Waals surface area contributed by atoms with Crippen LogP contribution in [0.25, 0.3) is 0 Å². The molecule has 1 aliphatic heterocycles. The second-order valence-electron chi connectivity index (χ2n) is 4.80. The molecule has 106 valence electrons. The summed E-state index contributed by atoms with van der Waals surface area (Å²) in [5.41, 5.74) is 6.10. The SMILES string of the molecule is COC(=O)c1c(N)nsc1N1CCC(C(C)O)CC1. The maximum atomic E-state index is 11.7. The van der Waals surface area contributed by atoms with E-state index in [9.17, 15) is 9.90 Å². The third-order valence-electron chi connectivity index (χ3n) is 3.60. The highest BCUT2D eigenvalue weighted by Gasteiger charge is 2.28. The maximum absolute atomic E-state index is 11.7. The number of anilines is 2. The normalized spacial score (nSPS) is 18.4. The molecular weight excluding hydrogens is 266 g/mol. The summed E-state index contributed by atoms with van der Waals surface area (Å²) in [6.07, 6.45) is 1.51. The maximum Gasteiger partial charge on any atom is 0.344 e. The van der Waals surface area contributed by atoms with Crippen LogP contribution >= 0.6 is 11.5 Å². The Bertz CT molecular complexity index is 453. The van der Waals surface area contributed by atoms with E-state index in [1.807, 2.05) is 6.92 Å². The Morgan fingerprint density at radius 2 is 2.21 bits per heavy atom. The van der Waals surface area contributed by atoms with Crippen molar-refractivity contribution in [3.05, 3.63) is 5.56 Å². The highest BCUT2D eigenvalue weighted by atomic mass is 32.1. The number of aromatic nitrogens is 1. The van der Waals surface area contributed by atoms with Gasteiger partial charge in [0.15, 0.2) is 5.82 Å². The molecule has 7 heteroatoms. The molecule has 1 unspecified atom stereocenters. The lowest BCUT2D eigenvalue weighted by Crippen LogP contribution is -2.37. The minimum atomic E-state index is -0.445. The molecule has 0 amide bonds. The Morgan fingerprint density at radius 1 is 1.58 bits per heavy atom. The summed E-state index contributed by atoms with van der Waals surface area (Å²) < 4.78 is 8.79. The van der Waals surface area contributed by atoms with E-state index in [1.54, 1.807) is 0 Å². The second-order valence-corrected chi connectivity index (χ2v) is 5.56. The predicted molar refractivity (Wildman–Crippen MR) is 74.5 cm³/mol. The van der Waals surface area contributed by atoms with Crippen LogP contribution in [0.1, 0.15) is 30.1 Å². The number of methoxy groups -OCH3 is 1. The fourth-order valence-electron chi connectivity index (χ4n) is 2.39. The van der Waals surface area contributed by atoms with Crippen molar-refractivity contribution in [1.82, 2.24) is 4.37 Å². The zero-order valence-corrected chi connectivity index (χ0v) is 11.9. The van der Waals surface area contributed by atoms with E-state index in [-0.39, 0.29) is 11.9 Å². The van der Waals surface area contributed by atoms with Gasteiger partial charge < -0.3 is 20.5 Å². The molecule has 1 aromatic rings. The Labute approximate surface area is 116 Å². The fourth-order valence-corrected chi connectivity index (χ4v) is 3.24. The molecule has 1 saturated heterocycles. The van der Waals surface area contributed by atoms with Gasteiger partial charge in [0.1, 0.15) is 10.6 Å². The molecule has 1 aliphatic rings. The largest absolute Gasteiger partial charge is 0.465 e. The second kappa shape index (κ2) is 5.75. The van der Waals surface area contributed by atoms with Crippen LogP contribution in [0.5, 0.6) is 0 Å². The molecule has 0 aliphatic carbocycles. The number of nitrogens with zero attached hydrogens (tertiary/aromatic N) is 2. The molecule has 2 heterocycles. The third kappa shape index (κ3) is 2.82. The van der Waals surface area contributed by atoms with Gasteiger partial charge in [0.2, 0.25) is 0 Å². The van der Waals surface area contributed by atoms with Gasteiger partial charge in [-0.15, -0.1) is 0 Å². The molecule has 0 spiro atoms. The van der Waals surface area contributed by atoms with Gasteiger partial charge in [0, 0.05) is 13.1 Å². The Balaban J connectivity index is 2.14. The first kappa shape index (κ1) is 14.1. The fraction of sp³-hybridized carbons (Fsp3) is 0.667. The molecule has 3 N–H and O–H groups in total. The summed E-state index contributed by atoms with van der Waals surface area (Å²) >= 11 is 1.22. The average Bonchev–Trinajstić information content (AvgIpc) is 2.80. The van der Waals surface area contributed by atoms with Crippen molar-refractivity contribution in [3.63, 3.8) is 0 Å². The van der Waals surface area contributed by atoms with E-state index < -0.39 is 5.97 Å². The van der Waals surface area contributed by atoms with Crippen molar-refractivity contribution in [2.75, 3.05) is 30.8 Å². The van der Waals surface area contributed by atoms with Gasteiger partial charge >= 0.3 is 5.97 Å². The number of ether oxygens (including phenoxy) is 1. The average molecular weight is 285 g/mol. The quantitative estimate of drug-likeness (QED) is 0.809. The van der Waals surface area contributed by atoms with E-state index in [0.717, 1.165) is 30.9 Å². The Hall–Kier alpha value is -1.34. The van der Waals surface area contributed by atoms with Crippen LogP contribution in [0, 0.1) is 5.92 Å². The van der Waals surface area contributed by atoms with Gasteiger partial charge in [0.25, 0.3) is 0 Å². The molecular formula is C12H19N3O3S.